The summed E-state index contributed by atoms with van der Waals surface area (Å²) in [6.07, 6.45) is 4.15. The summed E-state index contributed by atoms with van der Waals surface area (Å²) in [4.78, 5) is 36.0. The maximum absolute atomic E-state index is 12.4. The minimum absolute atomic E-state index is 0.0688. The largest absolute Gasteiger partial charge is 0.359 e. The SMILES string of the molecule is CNC(=O)Cc1ccc(NC(=O)Cn2nc3n(c2=O)CCCCC3)cc1. The number of hydrogen-bond acceptors (Lipinski definition) is 4. The Morgan fingerprint density at radius 2 is 1.88 bits per heavy atom. The number of carbonyl (C=O) groups excluding carboxylic acids is 2. The molecule has 1 aromatic heterocycles. The molecule has 0 atom stereocenters. The van der Waals surface area contributed by atoms with E-state index in [1.807, 2.05) is 0 Å². The van der Waals surface area contributed by atoms with Gasteiger partial charge in [-0.1, -0.05) is 18.6 Å². The highest BCUT2D eigenvalue weighted by Gasteiger charge is 2.17. The summed E-state index contributed by atoms with van der Waals surface area (Å²) in [6.45, 7) is 0.557. The molecular weight excluding hydrogens is 334 g/mol. The normalized spacial score (nSPS) is 13.6. The van der Waals surface area contributed by atoms with Gasteiger partial charge in [-0.05, 0) is 30.5 Å². The van der Waals surface area contributed by atoms with Gasteiger partial charge >= 0.3 is 5.69 Å². The molecule has 8 heteroatoms. The van der Waals surface area contributed by atoms with Crippen molar-refractivity contribution in [2.75, 3.05) is 12.4 Å². The first-order valence-corrected chi connectivity index (χ1v) is 8.82. The molecule has 0 saturated carbocycles. The van der Waals surface area contributed by atoms with Crippen molar-refractivity contribution in [1.82, 2.24) is 19.7 Å². The number of hydrogen-bond donors (Lipinski definition) is 2. The van der Waals surface area contributed by atoms with Crippen molar-refractivity contribution in [1.29, 1.82) is 0 Å². The van der Waals surface area contributed by atoms with E-state index in [1.54, 1.807) is 35.9 Å². The number of aryl methyl sites for hydroxylation is 1. The minimum atomic E-state index is -0.306. The van der Waals surface area contributed by atoms with E-state index < -0.39 is 0 Å². The standard InChI is InChI=1S/C18H23N5O3/c1-19-16(24)11-13-6-8-14(9-7-13)20-17(25)12-23-18(26)22-10-4-2-3-5-15(22)21-23/h6-9H,2-5,10-12H2,1H3,(H,19,24)(H,20,25). The molecule has 0 bridgehead atoms. The summed E-state index contributed by atoms with van der Waals surface area (Å²) in [5, 5.41) is 9.63. The van der Waals surface area contributed by atoms with Crippen molar-refractivity contribution in [3.05, 3.63) is 46.1 Å². The highest BCUT2D eigenvalue weighted by Crippen LogP contribution is 2.12. The summed E-state index contributed by atoms with van der Waals surface area (Å²) in [7, 11) is 1.59. The monoisotopic (exact) mass is 357 g/mol. The maximum atomic E-state index is 12.4. The van der Waals surface area contributed by atoms with Crippen LogP contribution in [0.4, 0.5) is 5.69 Å². The zero-order valence-corrected chi connectivity index (χ0v) is 14.8. The molecule has 1 aliphatic heterocycles. The second kappa shape index (κ2) is 7.99. The number of benzene rings is 1. The molecule has 2 N–H and O–H groups in total. The quantitative estimate of drug-likeness (QED) is 0.823. The van der Waals surface area contributed by atoms with Gasteiger partial charge in [-0.2, -0.15) is 5.10 Å². The van der Waals surface area contributed by atoms with Crippen LogP contribution in [0, 0.1) is 0 Å². The number of carbonyl (C=O) groups is 2. The lowest BCUT2D eigenvalue weighted by Gasteiger charge is -2.06. The van der Waals surface area contributed by atoms with Crippen molar-refractivity contribution < 1.29 is 9.59 Å². The number of likely N-dealkylation sites (N-methyl/N-ethyl adjacent to an activating group) is 1. The number of rotatable bonds is 5. The molecule has 26 heavy (non-hydrogen) atoms. The van der Waals surface area contributed by atoms with Gasteiger partial charge < -0.3 is 10.6 Å². The molecule has 3 rings (SSSR count). The highest BCUT2D eigenvalue weighted by molar-refractivity contribution is 5.90. The van der Waals surface area contributed by atoms with E-state index in [4.69, 9.17) is 0 Å². The number of anilines is 1. The van der Waals surface area contributed by atoms with Gasteiger partial charge in [-0.3, -0.25) is 14.2 Å². The molecule has 0 radical (unpaired) electrons. The second-order valence-corrected chi connectivity index (χ2v) is 6.41. The lowest BCUT2D eigenvalue weighted by molar-refractivity contribution is -0.120. The first kappa shape index (κ1) is 17.9. The van der Waals surface area contributed by atoms with Crippen molar-refractivity contribution in [3.8, 4) is 0 Å². The smallest absolute Gasteiger partial charge is 0.346 e. The molecule has 1 aliphatic rings. The minimum Gasteiger partial charge on any atom is -0.359 e. The summed E-state index contributed by atoms with van der Waals surface area (Å²) in [6, 6.07) is 7.05. The number of amides is 2. The fourth-order valence-corrected chi connectivity index (χ4v) is 3.04. The Bertz CT molecular complexity index is 851. The van der Waals surface area contributed by atoms with E-state index in [0.717, 1.165) is 37.1 Å². The first-order valence-electron chi connectivity index (χ1n) is 8.82. The third-order valence-corrected chi connectivity index (χ3v) is 4.46. The number of aromatic nitrogens is 3. The predicted molar refractivity (Wildman–Crippen MR) is 96.9 cm³/mol. The van der Waals surface area contributed by atoms with Crippen LogP contribution in [0.1, 0.15) is 30.7 Å². The van der Waals surface area contributed by atoms with Crippen LogP contribution in [0.25, 0.3) is 0 Å². The summed E-state index contributed by atoms with van der Waals surface area (Å²) in [5.41, 5.74) is 1.25. The molecule has 138 valence electrons. The van der Waals surface area contributed by atoms with E-state index in [1.165, 1.54) is 4.68 Å². The predicted octanol–water partition coefficient (Wildman–Crippen LogP) is 0.698. The van der Waals surface area contributed by atoms with Gasteiger partial charge in [-0.15, -0.1) is 0 Å². The molecule has 2 amide bonds. The zero-order valence-electron chi connectivity index (χ0n) is 14.8. The average molecular weight is 357 g/mol. The molecule has 2 heterocycles. The van der Waals surface area contributed by atoms with E-state index in [0.29, 0.717) is 18.7 Å². The van der Waals surface area contributed by atoms with Crippen LogP contribution in [0.5, 0.6) is 0 Å². The molecule has 0 unspecified atom stereocenters. The van der Waals surface area contributed by atoms with E-state index in [2.05, 4.69) is 15.7 Å². The molecule has 0 spiro atoms. The Kier molecular flexibility index (Phi) is 5.50. The van der Waals surface area contributed by atoms with Gasteiger partial charge in [0.1, 0.15) is 12.4 Å². The van der Waals surface area contributed by atoms with Crippen LogP contribution in [-0.4, -0.2) is 33.2 Å². The van der Waals surface area contributed by atoms with Gasteiger partial charge in [0, 0.05) is 25.7 Å². The molecular formula is C18H23N5O3. The lowest BCUT2D eigenvalue weighted by atomic mass is 10.1. The van der Waals surface area contributed by atoms with Crippen LogP contribution in [0.3, 0.4) is 0 Å². The Hall–Kier alpha value is -2.90. The van der Waals surface area contributed by atoms with Crippen molar-refractivity contribution >= 4 is 17.5 Å². The zero-order chi connectivity index (χ0) is 18.5. The summed E-state index contributed by atoms with van der Waals surface area (Å²) >= 11 is 0. The van der Waals surface area contributed by atoms with Crippen LogP contribution < -0.4 is 16.3 Å². The van der Waals surface area contributed by atoms with E-state index in [-0.39, 0.29) is 24.0 Å². The van der Waals surface area contributed by atoms with Crippen LogP contribution >= 0.6 is 0 Å². The Balaban J connectivity index is 1.62. The maximum Gasteiger partial charge on any atom is 0.346 e. The van der Waals surface area contributed by atoms with E-state index in [9.17, 15) is 14.4 Å². The van der Waals surface area contributed by atoms with Gasteiger partial charge in [-0.25, -0.2) is 9.48 Å². The Morgan fingerprint density at radius 3 is 2.62 bits per heavy atom. The van der Waals surface area contributed by atoms with Crippen LogP contribution in [0.2, 0.25) is 0 Å². The van der Waals surface area contributed by atoms with Gasteiger partial charge in [0.15, 0.2) is 0 Å². The number of fused-ring (bicyclic) bond motifs is 1. The molecule has 0 saturated heterocycles. The van der Waals surface area contributed by atoms with Gasteiger partial charge in [0.2, 0.25) is 11.8 Å². The highest BCUT2D eigenvalue weighted by atomic mass is 16.2. The Labute approximate surface area is 151 Å². The lowest BCUT2D eigenvalue weighted by Crippen LogP contribution is -2.30. The molecule has 1 aromatic carbocycles. The molecule has 8 nitrogen and oxygen atoms in total. The van der Waals surface area contributed by atoms with Gasteiger partial charge in [0.05, 0.1) is 6.42 Å². The van der Waals surface area contributed by atoms with Crippen molar-refractivity contribution in [2.24, 2.45) is 0 Å². The van der Waals surface area contributed by atoms with Crippen LogP contribution in [-0.2, 0) is 35.5 Å². The van der Waals surface area contributed by atoms with Crippen molar-refractivity contribution in [3.63, 3.8) is 0 Å². The summed E-state index contributed by atoms with van der Waals surface area (Å²) in [5.74, 6) is 0.388. The van der Waals surface area contributed by atoms with Gasteiger partial charge in [0.25, 0.3) is 0 Å². The molecule has 0 fully saturated rings. The first-order chi connectivity index (χ1) is 12.6. The topological polar surface area (TPSA) is 98.0 Å². The van der Waals surface area contributed by atoms with Crippen molar-refractivity contribution in [2.45, 2.75) is 45.2 Å². The Morgan fingerprint density at radius 1 is 1.12 bits per heavy atom. The van der Waals surface area contributed by atoms with Crippen LogP contribution in [0.15, 0.2) is 29.1 Å². The fourth-order valence-electron chi connectivity index (χ4n) is 3.04. The molecule has 0 aliphatic carbocycles. The van der Waals surface area contributed by atoms with E-state index >= 15 is 0 Å². The molecule has 2 aromatic rings. The third-order valence-electron chi connectivity index (χ3n) is 4.46. The summed E-state index contributed by atoms with van der Waals surface area (Å²) < 4.78 is 2.91. The average Bonchev–Trinajstić information content (AvgIpc) is 2.79. The third kappa shape index (κ3) is 4.19. The number of nitrogens with zero attached hydrogens (tertiary/aromatic N) is 3. The fraction of sp³-hybridized carbons (Fsp3) is 0.444. The second-order valence-electron chi connectivity index (χ2n) is 6.41. The number of nitrogens with one attached hydrogen (secondary N) is 2.